The van der Waals surface area contributed by atoms with Gasteiger partial charge in [0, 0.05) is 25.5 Å². The van der Waals surface area contributed by atoms with E-state index in [0.29, 0.717) is 17.0 Å². The molecule has 1 amide bonds. The monoisotopic (exact) mass is 342 g/mol. The molecule has 0 aliphatic heterocycles. The van der Waals surface area contributed by atoms with Crippen LogP contribution < -0.4 is 15.0 Å². The first-order chi connectivity index (χ1) is 11.9. The molecule has 25 heavy (non-hydrogen) atoms. The Balaban J connectivity index is 1.96. The summed E-state index contributed by atoms with van der Waals surface area (Å²) in [6, 6.07) is 14.0. The molecule has 6 heteroatoms. The Morgan fingerprint density at radius 1 is 1.08 bits per heavy atom. The molecular formula is C19H22N2O4. The van der Waals surface area contributed by atoms with Gasteiger partial charge in [0.1, 0.15) is 5.75 Å². The van der Waals surface area contributed by atoms with Crippen molar-refractivity contribution in [1.29, 1.82) is 0 Å². The average Bonchev–Trinajstić information content (AvgIpc) is 2.62. The highest BCUT2D eigenvalue weighted by Crippen LogP contribution is 2.17. The van der Waals surface area contributed by atoms with Crippen LogP contribution in [0.2, 0.25) is 0 Å². The van der Waals surface area contributed by atoms with Crippen LogP contribution in [-0.4, -0.2) is 39.2 Å². The number of hydrogen-bond donors (Lipinski definition) is 1. The van der Waals surface area contributed by atoms with E-state index >= 15 is 0 Å². The summed E-state index contributed by atoms with van der Waals surface area (Å²) in [5.74, 6) is -0.425. The lowest BCUT2D eigenvalue weighted by atomic mass is 10.2. The lowest BCUT2D eigenvalue weighted by Crippen LogP contribution is -2.30. The van der Waals surface area contributed by atoms with Crippen LogP contribution in [0.1, 0.15) is 17.3 Å². The molecule has 1 unspecified atom stereocenters. The summed E-state index contributed by atoms with van der Waals surface area (Å²) in [4.78, 5) is 26.3. The van der Waals surface area contributed by atoms with E-state index in [1.807, 2.05) is 31.1 Å². The lowest BCUT2D eigenvalue weighted by Gasteiger charge is -2.15. The first kappa shape index (κ1) is 18.3. The fourth-order valence-corrected chi connectivity index (χ4v) is 2.12. The first-order valence-electron chi connectivity index (χ1n) is 7.84. The molecule has 0 aliphatic rings. The molecule has 2 aromatic carbocycles. The summed E-state index contributed by atoms with van der Waals surface area (Å²) in [5.41, 5.74) is 1.99. The zero-order valence-corrected chi connectivity index (χ0v) is 14.8. The molecule has 132 valence electrons. The number of anilines is 2. The second kappa shape index (κ2) is 8.19. The fourth-order valence-electron chi connectivity index (χ4n) is 2.12. The number of nitrogens with one attached hydrogen (secondary N) is 1. The normalized spacial score (nSPS) is 11.4. The van der Waals surface area contributed by atoms with Crippen LogP contribution >= 0.6 is 0 Å². The van der Waals surface area contributed by atoms with Gasteiger partial charge in [0.2, 0.25) is 0 Å². The Morgan fingerprint density at radius 2 is 1.76 bits per heavy atom. The molecule has 6 nitrogen and oxygen atoms in total. The van der Waals surface area contributed by atoms with Crippen molar-refractivity contribution in [3.63, 3.8) is 0 Å². The Bertz CT molecular complexity index is 741. The minimum Gasteiger partial charge on any atom is -0.497 e. The molecule has 0 spiro atoms. The second-order valence-electron chi connectivity index (χ2n) is 5.71. The predicted octanol–water partition coefficient (Wildman–Crippen LogP) is 2.95. The highest BCUT2D eigenvalue weighted by atomic mass is 16.5. The molecule has 0 radical (unpaired) electrons. The molecule has 0 fully saturated rings. The van der Waals surface area contributed by atoms with E-state index in [2.05, 4.69) is 5.32 Å². The number of ether oxygens (including phenoxy) is 2. The number of hydrogen-bond acceptors (Lipinski definition) is 5. The SMILES string of the molecule is COc1cccc(C(=O)OC(C)C(=O)Nc2ccc(N(C)C)cc2)c1. The number of carbonyl (C=O) groups is 2. The van der Waals surface area contributed by atoms with E-state index in [0.717, 1.165) is 5.69 Å². The largest absolute Gasteiger partial charge is 0.497 e. The van der Waals surface area contributed by atoms with Crippen molar-refractivity contribution in [3.05, 3.63) is 54.1 Å². The van der Waals surface area contributed by atoms with Crippen molar-refractivity contribution >= 4 is 23.3 Å². The minimum absolute atomic E-state index is 0.328. The van der Waals surface area contributed by atoms with E-state index in [1.54, 1.807) is 36.4 Å². The molecule has 1 atom stereocenters. The van der Waals surface area contributed by atoms with Gasteiger partial charge >= 0.3 is 5.97 Å². The van der Waals surface area contributed by atoms with Crippen molar-refractivity contribution in [2.45, 2.75) is 13.0 Å². The zero-order valence-electron chi connectivity index (χ0n) is 14.8. The van der Waals surface area contributed by atoms with Gasteiger partial charge in [0.15, 0.2) is 6.10 Å². The van der Waals surface area contributed by atoms with Gasteiger partial charge in [0.05, 0.1) is 12.7 Å². The summed E-state index contributed by atoms with van der Waals surface area (Å²) in [7, 11) is 5.39. The zero-order chi connectivity index (χ0) is 18.4. The predicted molar refractivity (Wildman–Crippen MR) is 97.3 cm³/mol. The summed E-state index contributed by atoms with van der Waals surface area (Å²) >= 11 is 0. The lowest BCUT2D eigenvalue weighted by molar-refractivity contribution is -0.123. The number of esters is 1. The number of nitrogens with zero attached hydrogens (tertiary/aromatic N) is 1. The van der Waals surface area contributed by atoms with E-state index in [1.165, 1.54) is 14.0 Å². The fraction of sp³-hybridized carbons (Fsp3) is 0.263. The van der Waals surface area contributed by atoms with Crippen LogP contribution in [0, 0.1) is 0 Å². The van der Waals surface area contributed by atoms with Gasteiger partial charge in [-0.2, -0.15) is 0 Å². The second-order valence-corrected chi connectivity index (χ2v) is 5.71. The van der Waals surface area contributed by atoms with Gasteiger partial charge in [-0.15, -0.1) is 0 Å². The Labute approximate surface area is 147 Å². The molecule has 0 saturated heterocycles. The van der Waals surface area contributed by atoms with Gasteiger partial charge in [0.25, 0.3) is 5.91 Å². The highest BCUT2D eigenvalue weighted by Gasteiger charge is 2.19. The highest BCUT2D eigenvalue weighted by molar-refractivity contribution is 5.97. The smallest absolute Gasteiger partial charge is 0.339 e. The van der Waals surface area contributed by atoms with Crippen molar-refractivity contribution in [2.75, 3.05) is 31.4 Å². The van der Waals surface area contributed by atoms with Gasteiger partial charge < -0.3 is 19.7 Å². The third-order valence-electron chi connectivity index (χ3n) is 3.61. The maximum Gasteiger partial charge on any atom is 0.339 e. The van der Waals surface area contributed by atoms with E-state index in [-0.39, 0.29) is 0 Å². The standard InChI is InChI=1S/C19H22N2O4/c1-13(25-19(23)14-6-5-7-17(12-14)24-4)18(22)20-15-8-10-16(11-9-15)21(2)3/h5-13H,1-4H3,(H,20,22). The summed E-state index contributed by atoms with van der Waals surface area (Å²) < 4.78 is 10.3. The average molecular weight is 342 g/mol. The van der Waals surface area contributed by atoms with Crippen LogP contribution in [0.4, 0.5) is 11.4 Å². The van der Waals surface area contributed by atoms with Crippen LogP contribution in [0.15, 0.2) is 48.5 Å². The third-order valence-corrected chi connectivity index (χ3v) is 3.61. The Morgan fingerprint density at radius 3 is 2.36 bits per heavy atom. The number of carbonyl (C=O) groups excluding carboxylic acids is 2. The maximum absolute atomic E-state index is 12.2. The van der Waals surface area contributed by atoms with Crippen LogP contribution in [0.5, 0.6) is 5.75 Å². The molecule has 0 saturated carbocycles. The quantitative estimate of drug-likeness (QED) is 0.818. The van der Waals surface area contributed by atoms with Gasteiger partial charge in [-0.3, -0.25) is 4.79 Å². The number of methoxy groups -OCH3 is 1. The van der Waals surface area contributed by atoms with Crippen LogP contribution in [0.25, 0.3) is 0 Å². The summed E-state index contributed by atoms with van der Waals surface area (Å²) in [5, 5.41) is 2.73. The minimum atomic E-state index is -0.924. The molecule has 0 bridgehead atoms. The van der Waals surface area contributed by atoms with Crippen molar-refractivity contribution < 1.29 is 19.1 Å². The van der Waals surface area contributed by atoms with Crippen molar-refractivity contribution in [3.8, 4) is 5.75 Å². The number of amides is 1. The molecule has 0 heterocycles. The molecule has 0 aromatic heterocycles. The molecular weight excluding hydrogens is 320 g/mol. The maximum atomic E-state index is 12.2. The molecule has 0 aliphatic carbocycles. The van der Waals surface area contributed by atoms with Crippen LogP contribution in [-0.2, 0) is 9.53 Å². The summed E-state index contributed by atoms with van der Waals surface area (Å²) in [6.45, 7) is 1.53. The third kappa shape index (κ3) is 4.97. The van der Waals surface area contributed by atoms with E-state index in [4.69, 9.17) is 9.47 Å². The topological polar surface area (TPSA) is 67.9 Å². The Kier molecular flexibility index (Phi) is 6.00. The van der Waals surface area contributed by atoms with Gasteiger partial charge in [-0.1, -0.05) is 6.07 Å². The van der Waals surface area contributed by atoms with Crippen LogP contribution in [0.3, 0.4) is 0 Å². The molecule has 1 N–H and O–H groups in total. The molecule has 2 aromatic rings. The first-order valence-corrected chi connectivity index (χ1v) is 7.84. The number of rotatable bonds is 6. The van der Waals surface area contributed by atoms with Crippen molar-refractivity contribution in [1.82, 2.24) is 0 Å². The molecule has 2 rings (SSSR count). The number of benzene rings is 2. The summed E-state index contributed by atoms with van der Waals surface area (Å²) in [6.07, 6.45) is -0.924. The van der Waals surface area contributed by atoms with E-state index in [9.17, 15) is 9.59 Å². The van der Waals surface area contributed by atoms with Gasteiger partial charge in [-0.25, -0.2) is 4.79 Å². The van der Waals surface area contributed by atoms with Gasteiger partial charge in [-0.05, 0) is 49.4 Å². The van der Waals surface area contributed by atoms with E-state index < -0.39 is 18.0 Å². The van der Waals surface area contributed by atoms with Crippen molar-refractivity contribution in [2.24, 2.45) is 0 Å². The Hall–Kier alpha value is -3.02.